The van der Waals surface area contributed by atoms with E-state index in [0.29, 0.717) is 22.2 Å². The maximum atomic E-state index is 12.0. The summed E-state index contributed by atoms with van der Waals surface area (Å²) in [5, 5.41) is 18.8. The normalized spacial score (nSPS) is 11.6. The number of halogens is 3. The summed E-state index contributed by atoms with van der Waals surface area (Å²) in [6.07, 6.45) is -4.26. The Labute approximate surface area is 94.4 Å². The molecule has 3 nitrogen and oxygen atoms in total. The minimum absolute atomic E-state index is 0.0877. The minimum atomic E-state index is -4.26. The van der Waals surface area contributed by atoms with Gasteiger partial charge >= 0.3 is 6.18 Å². The van der Waals surface area contributed by atoms with E-state index < -0.39 is 11.9 Å². The lowest BCUT2D eigenvalue weighted by atomic mass is 10.2. The zero-order chi connectivity index (χ0) is 12.3. The van der Waals surface area contributed by atoms with Gasteiger partial charge in [0, 0.05) is 4.90 Å². The molecule has 0 atom stereocenters. The van der Waals surface area contributed by atoms with Crippen molar-refractivity contribution < 1.29 is 18.4 Å². The standard InChI is InChI=1S/C9H9F3NO2S/c1-6-2-3-7(13(14)15)4-8(6)16-5-9(10,11)12/h2-4,14H,5H2,1H3/q-1. The van der Waals surface area contributed by atoms with E-state index in [9.17, 15) is 18.4 Å². The van der Waals surface area contributed by atoms with Crippen LogP contribution in [0.4, 0.5) is 18.9 Å². The molecule has 0 saturated carbocycles. The van der Waals surface area contributed by atoms with Gasteiger partial charge in [-0.3, -0.25) is 5.21 Å². The van der Waals surface area contributed by atoms with Gasteiger partial charge in [0.15, 0.2) is 0 Å². The van der Waals surface area contributed by atoms with Crippen LogP contribution in [0.1, 0.15) is 5.56 Å². The predicted molar refractivity (Wildman–Crippen MR) is 55.6 cm³/mol. The summed E-state index contributed by atoms with van der Waals surface area (Å²) < 4.78 is 36.0. The van der Waals surface area contributed by atoms with Crippen LogP contribution in [0, 0.1) is 12.1 Å². The smallest absolute Gasteiger partial charge is 0.398 e. The van der Waals surface area contributed by atoms with Crippen molar-refractivity contribution in [1.29, 1.82) is 0 Å². The summed E-state index contributed by atoms with van der Waals surface area (Å²) in [7, 11) is 0. The fraction of sp³-hybridized carbons (Fsp3) is 0.333. The second-order valence-electron chi connectivity index (χ2n) is 3.13. The number of anilines is 1. The van der Waals surface area contributed by atoms with Crippen LogP contribution in [0.2, 0.25) is 0 Å². The van der Waals surface area contributed by atoms with Crippen molar-refractivity contribution in [3.8, 4) is 0 Å². The molecule has 0 aliphatic carbocycles. The Kier molecular flexibility index (Phi) is 4.06. The van der Waals surface area contributed by atoms with Crippen molar-refractivity contribution >= 4 is 17.4 Å². The first kappa shape index (κ1) is 13.1. The number of rotatable bonds is 3. The lowest BCUT2D eigenvalue weighted by molar-refractivity contribution is -0.105. The van der Waals surface area contributed by atoms with Gasteiger partial charge in [0.05, 0.1) is 11.4 Å². The van der Waals surface area contributed by atoms with E-state index in [1.165, 1.54) is 18.2 Å². The molecule has 1 rings (SSSR count). The minimum Gasteiger partial charge on any atom is -0.733 e. The SMILES string of the molecule is Cc1ccc(N([O-])O)cc1SCC(F)(F)F. The van der Waals surface area contributed by atoms with Gasteiger partial charge in [0.2, 0.25) is 0 Å². The van der Waals surface area contributed by atoms with Crippen LogP contribution < -0.4 is 5.23 Å². The molecule has 0 unspecified atom stereocenters. The number of hydrogen-bond acceptors (Lipinski definition) is 4. The Hall–Kier alpha value is -0.920. The summed E-state index contributed by atoms with van der Waals surface area (Å²) in [4.78, 5) is 0.324. The monoisotopic (exact) mass is 252 g/mol. The number of hydrogen-bond donors (Lipinski definition) is 1. The molecule has 0 aromatic heterocycles. The molecule has 0 radical (unpaired) electrons. The third-order valence-electron chi connectivity index (χ3n) is 1.78. The van der Waals surface area contributed by atoms with Crippen LogP contribution in [0.15, 0.2) is 23.1 Å². The van der Waals surface area contributed by atoms with Gasteiger partial charge in [-0.15, -0.1) is 11.8 Å². The van der Waals surface area contributed by atoms with Gasteiger partial charge in [0.1, 0.15) is 0 Å². The highest BCUT2D eigenvalue weighted by Gasteiger charge is 2.27. The molecule has 1 N–H and O–H groups in total. The van der Waals surface area contributed by atoms with E-state index >= 15 is 0 Å². The van der Waals surface area contributed by atoms with E-state index in [4.69, 9.17) is 5.21 Å². The second-order valence-corrected chi connectivity index (χ2v) is 4.14. The highest BCUT2D eigenvalue weighted by molar-refractivity contribution is 7.99. The van der Waals surface area contributed by atoms with E-state index in [0.717, 1.165) is 0 Å². The largest absolute Gasteiger partial charge is 0.733 e. The van der Waals surface area contributed by atoms with E-state index in [1.807, 2.05) is 0 Å². The molecule has 16 heavy (non-hydrogen) atoms. The summed E-state index contributed by atoms with van der Waals surface area (Å²) in [5.74, 6) is -1.03. The summed E-state index contributed by atoms with van der Waals surface area (Å²) >= 11 is 0.584. The van der Waals surface area contributed by atoms with E-state index in [2.05, 4.69) is 0 Å². The van der Waals surface area contributed by atoms with Gasteiger partial charge in [-0.1, -0.05) is 6.07 Å². The molecular formula is C9H9F3NO2S-. The van der Waals surface area contributed by atoms with E-state index in [-0.39, 0.29) is 10.9 Å². The van der Waals surface area contributed by atoms with Crippen LogP contribution in [0.5, 0.6) is 0 Å². The van der Waals surface area contributed by atoms with Crippen LogP contribution in [0.25, 0.3) is 0 Å². The summed E-state index contributed by atoms with van der Waals surface area (Å²) in [5.41, 5.74) is 0.537. The zero-order valence-electron chi connectivity index (χ0n) is 8.28. The molecule has 0 bridgehead atoms. The lowest BCUT2D eigenvalue weighted by Crippen LogP contribution is -2.11. The highest BCUT2D eigenvalue weighted by Crippen LogP contribution is 2.31. The van der Waals surface area contributed by atoms with Crippen LogP contribution in [0.3, 0.4) is 0 Å². The highest BCUT2D eigenvalue weighted by atomic mass is 32.2. The van der Waals surface area contributed by atoms with Crippen molar-refractivity contribution in [1.82, 2.24) is 0 Å². The average molecular weight is 252 g/mol. The molecule has 0 heterocycles. The van der Waals surface area contributed by atoms with Gasteiger partial charge in [-0.05, 0) is 24.6 Å². The molecule has 7 heteroatoms. The molecule has 1 aromatic rings. The Bertz CT molecular complexity index is 368. The summed E-state index contributed by atoms with van der Waals surface area (Å²) in [6.45, 7) is 1.63. The first-order chi connectivity index (χ1) is 7.29. The van der Waals surface area contributed by atoms with Crippen LogP contribution in [-0.4, -0.2) is 17.1 Å². The Balaban J connectivity index is 2.82. The third-order valence-corrected chi connectivity index (χ3v) is 3.01. The maximum absolute atomic E-state index is 12.0. The number of alkyl halides is 3. The first-order valence-electron chi connectivity index (χ1n) is 4.26. The van der Waals surface area contributed by atoms with Crippen molar-refractivity contribution in [3.63, 3.8) is 0 Å². The molecule has 0 spiro atoms. The molecule has 0 aliphatic rings. The Morgan fingerprint density at radius 1 is 1.44 bits per heavy atom. The van der Waals surface area contributed by atoms with Gasteiger partial charge in [-0.2, -0.15) is 13.2 Å². The van der Waals surface area contributed by atoms with Gasteiger partial charge in [-0.25, -0.2) is 0 Å². The van der Waals surface area contributed by atoms with Crippen molar-refractivity contribution in [2.75, 3.05) is 11.0 Å². The topological polar surface area (TPSA) is 46.5 Å². The molecule has 1 aromatic carbocycles. The van der Waals surface area contributed by atoms with Crippen LogP contribution >= 0.6 is 11.8 Å². The molecule has 0 aliphatic heterocycles. The zero-order valence-corrected chi connectivity index (χ0v) is 9.10. The summed E-state index contributed by atoms with van der Waals surface area (Å²) in [6, 6.07) is 4.04. The fourth-order valence-electron chi connectivity index (χ4n) is 1.02. The molecule has 90 valence electrons. The number of thioether (sulfide) groups is 1. The molecular weight excluding hydrogens is 243 g/mol. The predicted octanol–water partition coefficient (Wildman–Crippen LogP) is 3.34. The quantitative estimate of drug-likeness (QED) is 0.662. The average Bonchev–Trinajstić information content (AvgIpc) is 2.14. The lowest BCUT2D eigenvalue weighted by Gasteiger charge is -2.22. The van der Waals surface area contributed by atoms with E-state index in [1.54, 1.807) is 6.92 Å². The fourth-order valence-corrected chi connectivity index (χ4v) is 1.84. The van der Waals surface area contributed by atoms with Gasteiger partial charge < -0.3 is 10.4 Å². The number of aryl methyl sites for hydroxylation is 1. The molecule has 0 saturated heterocycles. The number of benzene rings is 1. The number of nitrogens with zero attached hydrogens (tertiary/aromatic N) is 1. The van der Waals surface area contributed by atoms with Gasteiger partial charge in [0.25, 0.3) is 0 Å². The maximum Gasteiger partial charge on any atom is 0.398 e. The molecule has 0 fully saturated rings. The van der Waals surface area contributed by atoms with Crippen molar-refractivity contribution in [2.24, 2.45) is 0 Å². The Morgan fingerprint density at radius 3 is 2.56 bits per heavy atom. The second kappa shape index (κ2) is 4.94. The van der Waals surface area contributed by atoms with Crippen molar-refractivity contribution in [3.05, 3.63) is 29.0 Å². The van der Waals surface area contributed by atoms with Crippen molar-refractivity contribution in [2.45, 2.75) is 18.0 Å². The molecule has 0 amide bonds. The first-order valence-corrected chi connectivity index (χ1v) is 5.24. The third kappa shape index (κ3) is 3.92. The Morgan fingerprint density at radius 2 is 2.06 bits per heavy atom. The van der Waals surface area contributed by atoms with Crippen LogP contribution in [-0.2, 0) is 0 Å².